The molecule has 1 unspecified atom stereocenters. The molecule has 3 N–H and O–H groups in total. The van der Waals surface area contributed by atoms with Gasteiger partial charge in [0.1, 0.15) is 11.7 Å². The van der Waals surface area contributed by atoms with Crippen molar-refractivity contribution >= 4 is 23.2 Å². The van der Waals surface area contributed by atoms with Gasteiger partial charge in [-0.3, -0.25) is 9.59 Å². The first-order valence-electron chi connectivity index (χ1n) is 8.73. The predicted octanol–water partition coefficient (Wildman–Crippen LogP) is 1.51. The van der Waals surface area contributed by atoms with Crippen LogP contribution in [0.25, 0.3) is 0 Å². The Bertz CT molecular complexity index is 605. The quantitative estimate of drug-likeness (QED) is 0.751. The lowest BCUT2D eigenvalue weighted by Crippen LogP contribution is -2.51. The minimum atomic E-state index is -0.780. The Labute approximate surface area is 147 Å². The number of anilines is 2. The van der Waals surface area contributed by atoms with E-state index in [1.807, 2.05) is 0 Å². The van der Waals surface area contributed by atoms with Crippen LogP contribution in [-0.2, 0) is 19.1 Å². The second-order valence-corrected chi connectivity index (χ2v) is 6.47. The molecule has 0 aliphatic carbocycles. The Morgan fingerprint density at radius 2 is 1.80 bits per heavy atom. The Morgan fingerprint density at radius 3 is 2.36 bits per heavy atom. The smallest absolute Gasteiger partial charge is 0.256 e. The van der Waals surface area contributed by atoms with E-state index in [-0.39, 0.29) is 17.9 Å². The fourth-order valence-electron chi connectivity index (χ4n) is 3.24. The zero-order chi connectivity index (χ0) is 17.7. The molecule has 136 valence electrons. The number of benzene rings is 1. The van der Waals surface area contributed by atoms with E-state index < -0.39 is 5.60 Å². The van der Waals surface area contributed by atoms with Crippen LogP contribution in [0.5, 0.6) is 0 Å². The maximum Gasteiger partial charge on any atom is 0.256 e. The minimum Gasteiger partial charge on any atom is -0.368 e. The number of rotatable bonds is 5. The van der Waals surface area contributed by atoms with Crippen molar-refractivity contribution in [3.63, 3.8) is 0 Å². The number of carbonyl (C=O) groups is 2. The van der Waals surface area contributed by atoms with E-state index in [9.17, 15) is 9.59 Å². The summed E-state index contributed by atoms with van der Waals surface area (Å²) in [5.41, 5.74) is 0.578. The second kappa shape index (κ2) is 7.95. The summed E-state index contributed by atoms with van der Waals surface area (Å²) >= 11 is 0. The van der Waals surface area contributed by atoms with Crippen molar-refractivity contribution in [1.29, 1.82) is 0 Å². The van der Waals surface area contributed by atoms with Crippen LogP contribution in [0.3, 0.4) is 0 Å². The van der Waals surface area contributed by atoms with Gasteiger partial charge >= 0.3 is 0 Å². The zero-order valence-electron chi connectivity index (χ0n) is 14.5. The lowest BCUT2D eigenvalue weighted by atomic mass is 9.91. The van der Waals surface area contributed by atoms with Crippen molar-refractivity contribution in [2.24, 2.45) is 0 Å². The topological polar surface area (TPSA) is 88.7 Å². The van der Waals surface area contributed by atoms with E-state index in [4.69, 9.17) is 9.47 Å². The van der Waals surface area contributed by atoms with Gasteiger partial charge in [0.25, 0.3) is 11.8 Å². The fraction of sp³-hybridized carbons (Fsp3) is 0.556. The van der Waals surface area contributed by atoms with Crippen molar-refractivity contribution in [3.8, 4) is 0 Å². The number of ether oxygens (including phenoxy) is 2. The third kappa shape index (κ3) is 4.18. The van der Waals surface area contributed by atoms with Gasteiger partial charge in [0.15, 0.2) is 0 Å². The molecule has 2 fully saturated rings. The number of hydrogen-bond donors (Lipinski definition) is 3. The summed E-state index contributed by atoms with van der Waals surface area (Å²) in [6.07, 6.45) is 2.60. The van der Waals surface area contributed by atoms with Gasteiger partial charge in [0.2, 0.25) is 0 Å². The Morgan fingerprint density at radius 1 is 1.16 bits per heavy atom. The summed E-state index contributed by atoms with van der Waals surface area (Å²) in [6.45, 7) is 2.16. The predicted molar refractivity (Wildman–Crippen MR) is 94.5 cm³/mol. The maximum atomic E-state index is 12.6. The highest BCUT2D eigenvalue weighted by Gasteiger charge is 2.39. The molecule has 0 bridgehead atoms. The number of hydrogen-bond acceptors (Lipinski definition) is 5. The van der Waals surface area contributed by atoms with Crippen molar-refractivity contribution in [1.82, 2.24) is 5.32 Å². The zero-order valence-corrected chi connectivity index (χ0v) is 14.5. The Balaban J connectivity index is 1.58. The van der Waals surface area contributed by atoms with Crippen molar-refractivity contribution in [2.45, 2.75) is 37.4 Å². The lowest BCUT2D eigenvalue weighted by Gasteiger charge is -2.34. The van der Waals surface area contributed by atoms with Crippen LogP contribution in [0.1, 0.15) is 25.7 Å². The second-order valence-electron chi connectivity index (χ2n) is 6.47. The van der Waals surface area contributed by atoms with Gasteiger partial charge in [0.05, 0.1) is 0 Å². The van der Waals surface area contributed by atoms with Crippen LogP contribution < -0.4 is 16.0 Å². The summed E-state index contributed by atoms with van der Waals surface area (Å²) in [4.78, 5) is 24.6. The van der Waals surface area contributed by atoms with E-state index in [0.29, 0.717) is 30.8 Å². The number of nitrogens with one attached hydrogen (secondary N) is 3. The van der Waals surface area contributed by atoms with Crippen molar-refractivity contribution in [3.05, 3.63) is 24.3 Å². The average Bonchev–Trinajstić information content (AvgIpc) is 3.19. The van der Waals surface area contributed by atoms with Gasteiger partial charge in [-0.1, -0.05) is 0 Å². The van der Waals surface area contributed by atoms with Gasteiger partial charge in [-0.05, 0) is 63.0 Å². The monoisotopic (exact) mass is 347 g/mol. The van der Waals surface area contributed by atoms with Crippen LogP contribution in [0.2, 0.25) is 0 Å². The summed E-state index contributed by atoms with van der Waals surface area (Å²) < 4.78 is 10.9. The normalized spacial score (nSPS) is 22.4. The molecule has 7 nitrogen and oxygen atoms in total. The highest BCUT2D eigenvalue weighted by atomic mass is 16.5. The molecule has 2 saturated heterocycles. The third-order valence-corrected chi connectivity index (χ3v) is 4.85. The van der Waals surface area contributed by atoms with E-state index in [0.717, 1.165) is 25.9 Å². The molecule has 0 saturated carbocycles. The molecule has 25 heavy (non-hydrogen) atoms. The molecule has 2 aliphatic rings. The Kier molecular flexibility index (Phi) is 5.67. The average molecular weight is 347 g/mol. The molecular formula is C18H25N3O4. The number of methoxy groups -OCH3 is 1. The number of piperidine rings is 1. The van der Waals surface area contributed by atoms with Gasteiger partial charge in [-0.15, -0.1) is 0 Å². The van der Waals surface area contributed by atoms with Crippen molar-refractivity contribution in [2.75, 3.05) is 37.4 Å². The molecule has 3 rings (SSSR count). The standard InChI is InChI=1S/C18H25N3O4/c1-24-18(8-10-19-11-9-18)17(23)21-14-6-4-13(5-7-14)20-16(22)15-3-2-12-25-15/h4-7,15,19H,2-3,8-12H2,1H3,(H,20,22)(H,21,23). The third-order valence-electron chi connectivity index (χ3n) is 4.85. The first-order chi connectivity index (χ1) is 12.1. The molecule has 0 spiro atoms. The molecule has 0 radical (unpaired) electrons. The first-order valence-corrected chi connectivity index (χ1v) is 8.73. The van der Waals surface area contributed by atoms with Crippen molar-refractivity contribution < 1.29 is 19.1 Å². The molecule has 1 aromatic rings. The summed E-state index contributed by atoms with van der Waals surface area (Å²) in [6, 6.07) is 7.08. The van der Waals surface area contributed by atoms with Gasteiger partial charge in [0, 0.05) is 25.1 Å². The van der Waals surface area contributed by atoms with E-state index in [1.54, 1.807) is 31.4 Å². The largest absolute Gasteiger partial charge is 0.368 e. The molecule has 1 aromatic carbocycles. The first kappa shape index (κ1) is 17.8. The van der Waals surface area contributed by atoms with Crippen LogP contribution in [0.4, 0.5) is 11.4 Å². The van der Waals surface area contributed by atoms with Gasteiger partial charge in [-0.2, -0.15) is 0 Å². The molecule has 7 heteroatoms. The molecule has 1 atom stereocenters. The van der Waals surface area contributed by atoms with E-state index in [1.165, 1.54) is 0 Å². The highest BCUT2D eigenvalue weighted by molar-refractivity contribution is 5.98. The van der Waals surface area contributed by atoms with Crippen LogP contribution in [0.15, 0.2) is 24.3 Å². The summed E-state index contributed by atoms with van der Waals surface area (Å²) in [5.74, 6) is -0.255. The van der Waals surface area contributed by atoms with Crippen LogP contribution in [0, 0.1) is 0 Å². The summed E-state index contributed by atoms with van der Waals surface area (Å²) in [7, 11) is 1.58. The van der Waals surface area contributed by atoms with E-state index in [2.05, 4.69) is 16.0 Å². The SMILES string of the molecule is COC1(C(=O)Nc2ccc(NC(=O)C3CCCO3)cc2)CCNCC1. The number of amides is 2. The molecule has 0 aromatic heterocycles. The minimum absolute atomic E-state index is 0.123. The van der Waals surface area contributed by atoms with Crippen LogP contribution in [-0.4, -0.2) is 50.3 Å². The molecule has 2 heterocycles. The van der Waals surface area contributed by atoms with Gasteiger partial charge in [-0.25, -0.2) is 0 Å². The lowest BCUT2D eigenvalue weighted by molar-refractivity contribution is -0.140. The summed E-state index contributed by atoms with van der Waals surface area (Å²) in [5, 5.41) is 8.98. The molecule has 2 amide bonds. The van der Waals surface area contributed by atoms with Gasteiger partial charge < -0.3 is 25.4 Å². The maximum absolute atomic E-state index is 12.6. The molecular weight excluding hydrogens is 322 g/mol. The molecule has 2 aliphatic heterocycles. The highest BCUT2D eigenvalue weighted by Crippen LogP contribution is 2.25. The van der Waals surface area contributed by atoms with Crippen LogP contribution >= 0.6 is 0 Å². The van der Waals surface area contributed by atoms with E-state index >= 15 is 0 Å². The fourth-order valence-corrected chi connectivity index (χ4v) is 3.24. The Hall–Kier alpha value is -1.96. The number of carbonyl (C=O) groups excluding carboxylic acids is 2.